The topological polar surface area (TPSA) is 69.8 Å². The van der Waals surface area contributed by atoms with Gasteiger partial charge in [0.05, 0.1) is 0 Å². The van der Waals surface area contributed by atoms with Crippen molar-refractivity contribution < 1.29 is 0 Å². The van der Waals surface area contributed by atoms with Gasteiger partial charge >= 0.3 is 5.69 Å². The van der Waals surface area contributed by atoms with E-state index in [2.05, 4.69) is 16.5 Å². The maximum atomic E-state index is 12.7. The van der Waals surface area contributed by atoms with E-state index in [0.29, 0.717) is 34.2 Å². The summed E-state index contributed by atoms with van der Waals surface area (Å²) in [4.78, 5) is 34.3. The Labute approximate surface area is 145 Å². The molecule has 2 rings (SSSR count). The van der Waals surface area contributed by atoms with Crippen LogP contribution in [0, 0.1) is 0 Å². The largest absolute Gasteiger partial charge is 0.332 e. The van der Waals surface area contributed by atoms with Crippen molar-refractivity contribution in [1.29, 1.82) is 0 Å². The van der Waals surface area contributed by atoms with Crippen molar-refractivity contribution in [1.82, 2.24) is 19.1 Å². The van der Waals surface area contributed by atoms with Gasteiger partial charge in [0.2, 0.25) is 0 Å². The first kappa shape index (κ1) is 18.4. The fraction of sp³-hybridized carbons (Fsp3) is 0.529. The summed E-state index contributed by atoms with van der Waals surface area (Å²) < 4.78 is 2.72. The molecule has 2 aromatic rings. The van der Waals surface area contributed by atoms with E-state index in [1.54, 1.807) is 4.57 Å². The maximum absolute atomic E-state index is 12.7. The van der Waals surface area contributed by atoms with Gasteiger partial charge in [-0.3, -0.25) is 13.9 Å². The van der Waals surface area contributed by atoms with Crippen LogP contribution in [0.3, 0.4) is 0 Å². The Morgan fingerprint density at radius 2 is 1.96 bits per heavy atom. The summed E-state index contributed by atoms with van der Waals surface area (Å²) in [6.45, 7) is 12.3. The van der Waals surface area contributed by atoms with Crippen LogP contribution in [0.15, 0.2) is 26.8 Å². The number of fused-ring (bicyclic) bond motifs is 1. The summed E-state index contributed by atoms with van der Waals surface area (Å²) in [6, 6.07) is 0. The van der Waals surface area contributed by atoms with Gasteiger partial charge in [-0.05, 0) is 13.3 Å². The van der Waals surface area contributed by atoms with Crippen molar-refractivity contribution in [3.8, 4) is 0 Å². The molecule has 0 aliphatic rings. The average molecular weight is 348 g/mol. The summed E-state index contributed by atoms with van der Waals surface area (Å²) >= 11 is 1.47. The molecule has 0 radical (unpaired) electrons. The number of rotatable bonds is 6. The fourth-order valence-corrected chi connectivity index (χ4v) is 3.20. The lowest BCUT2D eigenvalue weighted by molar-refractivity contribution is 0.603. The van der Waals surface area contributed by atoms with Crippen molar-refractivity contribution in [3.05, 3.63) is 38.8 Å². The molecule has 0 saturated carbocycles. The highest BCUT2D eigenvalue weighted by atomic mass is 32.2. The molecular formula is C17H24N4O2S. The van der Waals surface area contributed by atoms with Crippen molar-refractivity contribution in [3.63, 3.8) is 0 Å². The van der Waals surface area contributed by atoms with E-state index in [1.165, 1.54) is 18.8 Å². The van der Waals surface area contributed by atoms with Gasteiger partial charge in [-0.2, -0.15) is 0 Å². The highest BCUT2D eigenvalue weighted by molar-refractivity contribution is 7.99. The van der Waals surface area contributed by atoms with E-state index in [-0.39, 0.29) is 17.2 Å². The van der Waals surface area contributed by atoms with Gasteiger partial charge in [0.15, 0.2) is 5.65 Å². The molecule has 0 saturated heterocycles. The van der Waals surface area contributed by atoms with Gasteiger partial charge < -0.3 is 0 Å². The van der Waals surface area contributed by atoms with Crippen LogP contribution >= 0.6 is 11.8 Å². The van der Waals surface area contributed by atoms with Crippen molar-refractivity contribution >= 4 is 22.8 Å². The van der Waals surface area contributed by atoms with Gasteiger partial charge in [-0.15, -0.1) is 11.8 Å². The van der Waals surface area contributed by atoms with Crippen LogP contribution in [0.5, 0.6) is 0 Å². The lowest BCUT2D eigenvalue weighted by Gasteiger charge is -2.15. The van der Waals surface area contributed by atoms with Crippen LogP contribution in [0.4, 0.5) is 0 Å². The quantitative estimate of drug-likeness (QED) is 0.456. The Balaban J connectivity index is 2.90. The van der Waals surface area contributed by atoms with Crippen LogP contribution in [0.25, 0.3) is 11.0 Å². The summed E-state index contributed by atoms with van der Waals surface area (Å²) in [5.41, 5.74) is 0.755. The normalized spacial score (nSPS) is 11.4. The zero-order chi connectivity index (χ0) is 18.0. The summed E-state index contributed by atoms with van der Waals surface area (Å²) in [5.74, 6) is 1.41. The molecule has 0 bridgehead atoms. The van der Waals surface area contributed by atoms with Crippen LogP contribution in [-0.4, -0.2) is 24.9 Å². The number of hydrogen-bond donors (Lipinski definition) is 0. The molecule has 0 N–H and O–H groups in total. The molecule has 2 aromatic heterocycles. The number of aromatic nitrogens is 4. The first-order valence-corrected chi connectivity index (χ1v) is 9.05. The molecule has 130 valence electrons. The summed E-state index contributed by atoms with van der Waals surface area (Å²) in [5, 5.41) is 1.04. The molecule has 24 heavy (non-hydrogen) atoms. The molecule has 0 fully saturated rings. The Morgan fingerprint density at radius 3 is 2.50 bits per heavy atom. The molecule has 0 atom stereocenters. The van der Waals surface area contributed by atoms with Crippen LogP contribution < -0.4 is 11.2 Å². The number of aryl methyl sites for hydroxylation is 1. The zero-order valence-corrected chi connectivity index (χ0v) is 15.7. The minimum Gasteiger partial charge on any atom is -0.277 e. The summed E-state index contributed by atoms with van der Waals surface area (Å²) in [6.07, 6.45) is 0.780. The second-order valence-electron chi connectivity index (χ2n) is 6.28. The standard InChI is InChI=1S/C17H24N4O2S/c1-7-8-21-14-12(16(22)20(6)17(21)23)15(24-9-10(2)3)19-13(18-14)11(4)5/h11H,2,7-9H2,1,3-6H3. The molecule has 0 aliphatic carbocycles. The van der Waals surface area contributed by atoms with E-state index >= 15 is 0 Å². The Hall–Kier alpha value is -1.89. The molecule has 0 spiro atoms. The van der Waals surface area contributed by atoms with Gasteiger partial charge in [-0.1, -0.05) is 32.9 Å². The second kappa shape index (κ2) is 7.34. The van der Waals surface area contributed by atoms with E-state index in [0.717, 1.165) is 16.6 Å². The lowest BCUT2D eigenvalue weighted by Crippen LogP contribution is -2.39. The second-order valence-corrected chi connectivity index (χ2v) is 7.25. The van der Waals surface area contributed by atoms with E-state index in [1.807, 2.05) is 27.7 Å². The predicted molar refractivity (Wildman–Crippen MR) is 99.0 cm³/mol. The molecule has 0 aromatic carbocycles. The highest BCUT2D eigenvalue weighted by Gasteiger charge is 2.19. The average Bonchev–Trinajstić information content (AvgIpc) is 2.53. The van der Waals surface area contributed by atoms with Gasteiger partial charge in [0, 0.05) is 25.3 Å². The third kappa shape index (κ3) is 3.45. The lowest BCUT2D eigenvalue weighted by atomic mass is 10.2. The van der Waals surface area contributed by atoms with Crippen molar-refractivity contribution in [2.45, 2.75) is 51.6 Å². The van der Waals surface area contributed by atoms with E-state index < -0.39 is 0 Å². The summed E-state index contributed by atoms with van der Waals surface area (Å²) in [7, 11) is 1.50. The smallest absolute Gasteiger partial charge is 0.277 e. The van der Waals surface area contributed by atoms with Gasteiger partial charge in [0.1, 0.15) is 16.2 Å². The number of thioether (sulfide) groups is 1. The van der Waals surface area contributed by atoms with Crippen molar-refractivity contribution in [2.24, 2.45) is 7.05 Å². The predicted octanol–water partition coefficient (Wildman–Crippen LogP) is 2.69. The highest BCUT2D eigenvalue weighted by Crippen LogP contribution is 2.25. The third-order valence-corrected chi connectivity index (χ3v) is 4.79. The van der Waals surface area contributed by atoms with Crippen LogP contribution in [0.1, 0.15) is 45.9 Å². The van der Waals surface area contributed by atoms with Crippen molar-refractivity contribution in [2.75, 3.05) is 5.75 Å². The van der Waals surface area contributed by atoms with Gasteiger partial charge in [0.25, 0.3) is 5.56 Å². The molecule has 0 amide bonds. The van der Waals surface area contributed by atoms with E-state index in [4.69, 9.17) is 0 Å². The first-order valence-electron chi connectivity index (χ1n) is 8.06. The van der Waals surface area contributed by atoms with Gasteiger partial charge in [-0.25, -0.2) is 14.8 Å². The van der Waals surface area contributed by atoms with Crippen LogP contribution in [-0.2, 0) is 13.6 Å². The molecule has 2 heterocycles. The molecule has 0 unspecified atom stereocenters. The Bertz CT molecular complexity index is 896. The Kier molecular flexibility index (Phi) is 5.64. The molecule has 0 aliphatic heterocycles. The first-order chi connectivity index (χ1) is 11.3. The maximum Gasteiger partial charge on any atom is 0.332 e. The Morgan fingerprint density at radius 1 is 1.29 bits per heavy atom. The van der Waals surface area contributed by atoms with E-state index in [9.17, 15) is 9.59 Å². The monoisotopic (exact) mass is 348 g/mol. The SMILES string of the molecule is C=C(C)CSc1nc(C(C)C)nc2c1c(=O)n(C)c(=O)n2CCC. The minimum atomic E-state index is -0.345. The minimum absolute atomic E-state index is 0.104. The number of nitrogens with zero attached hydrogens (tertiary/aromatic N) is 4. The fourth-order valence-electron chi connectivity index (χ4n) is 2.33. The molecule has 6 nitrogen and oxygen atoms in total. The van der Waals surface area contributed by atoms with Crippen LogP contribution in [0.2, 0.25) is 0 Å². The number of hydrogen-bond acceptors (Lipinski definition) is 5. The zero-order valence-electron chi connectivity index (χ0n) is 14.9. The third-order valence-electron chi connectivity index (χ3n) is 3.58. The molecule has 7 heteroatoms. The molecular weight excluding hydrogens is 324 g/mol.